The van der Waals surface area contributed by atoms with Crippen molar-refractivity contribution in [2.24, 2.45) is 11.7 Å². The lowest BCUT2D eigenvalue weighted by Crippen LogP contribution is -2.17. The molecule has 0 heterocycles. The van der Waals surface area contributed by atoms with Crippen molar-refractivity contribution >= 4 is 5.78 Å². The summed E-state index contributed by atoms with van der Waals surface area (Å²) in [5.74, 6) is -0.315. The van der Waals surface area contributed by atoms with Crippen molar-refractivity contribution in [3.05, 3.63) is 34.9 Å². The van der Waals surface area contributed by atoms with Crippen LogP contribution in [0.25, 0.3) is 0 Å². The first kappa shape index (κ1) is 17.7. The highest BCUT2D eigenvalue weighted by molar-refractivity contribution is 5.98. The minimum Gasteiger partial charge on any atom is -0.328 e. The van der Waals surface area contributed by atoms with E-state index in [0.29, 0.717) is 17.5 Å². The molecule has 0 spiro atoms. The largest absolute Gasteiger partial charge is 0.416 e. The molecule has 5 heteroatoms. The second-order valence-corrected chi connectivity index (χ2v) is 5.70. The molecule has 0 aliphatic heterocycles. The van der Waals surface area contributed by atoms with Gasteiger partial charge in [-0.05, 0) is 44.4 Å². The molecule has 0 aromatic heterocycles. The van der Waals surface area contributed by atoms with E-state index >= 15 is 0 Å². The second-order valence-electron chi connectivity index (χ2n) is 5.70. The smallest absolute Gasteiger partial charge is 0.328 e. The fourth-order valence-electron chi connectivity index (χ4n) is 2.26. The van der Waals surface area contributed by atoms with E-state index in [1.807, 2.05) is 6.92 Å². The summed E-state index contributed by atoms with van der Waals surface area (Å²) in [6, 6.07) is 3.37. The summed E-state index contributed by atoms with van der Waals surface area (Å²) in [6.45, 7) is 5.25. The summed E-state index contributed by atoms with van der Waals surface area (Å²) in [4.78, 5) is 12.3. The molecule has 1 rings (SSSR count). The van der Waals surface area contributed by atoms with Gasteiger partial charge in [-0.3, -0.25) is 4.79 Å². The van der Waals surface area contributed by atoms with Gasteiger partial charge in [0.05, 0.1) is 5.56 Å². The summed E-state index contributed by atoms with van der Waals surface area (Å²) in [5.41, 5.74) is 5.68. The molecule has 2 N–H and O–H groups in total. The molecule has 0 saturated heterocycles. The molecule has 2 atom stereocenters. The van der Waals surface area contributed by atoms with Crippen LogP contribution < -0.4 is 5.73 Å². The molecule has 0 aliphatic carbocycles. The lowest BCUT2D eigenvalue weighted by molar-refractivity contribution is -0.137. The molecule has 2 nitrogen and oxygen atoms in total. The Kier molecular flexibility index (Phi) is 5.96. The van der Waals surface area contributed by atoms with Crippen molar-refractivity contribution in [2.75, 3.05) is 0 Å². The maximum atomic E-state index is 12.6. The highest BCUT2D eigenvalue weighted by atomic mass is 19.4. The van der Waals surface area contributed by atoms with Gasteiger partial charge in [-0.1, -0.05) is 19.4 Å². The van der Waals surface area contributed by atoms with Gasteiger partial charge in [0.15, 0.2) is 5.78 Å². The van der Waals surface area contributed by atoms with Gasteiger partial charge in [0.25, 0.3) is 0 Å². The van der Waals surface area contributed by atoms with E-state index in [-0.39, 0.29) is 17.7 Å². The third-order valence-corrected chi connectivity index (χ3v) is 3.56. The molecule has 2 unspecified atom stereocenters. The molecule has 0 bridgehead atoms. The van der Waals surface area contributed by atoms with Crippen LogP contribution in [0.5, 0.6) is 0 Å². The summed E-state index contributed by atoms with van der Waals surface area (Å²) >= 11 is 0. The standard InChI is InChI=1S/C16H22F3NO/c1-10(5-4-6-12(3)20)15(21)14-8-7-13(9-11(14)2)16(17,18)19/h7-10,12H,4-6,20H2,1-3H3. The molecule has 0 saturated carbocycles. The second kappa shape index (κ2) is 7.07. The highest BCUT2D eigenvalue weighted by Crippen LogP contribution is 2.31. The third kappa shape index (κ3) is 5.16. The Morgan fingerprint density at radius 1 is 1.24 bits per heavy atom. The fourth-order valence-corrected chi connectivity index (χ4v) is 2.26. The number of halogens is 3. The average molecular weight is 301 g/mol. The highest BCUT2D eigenvalue weighted by Gasteiger charge is 2.31. The number of hydrogen-bond donors (Lipinski definition) is 1. The van der Waals surface area contributed by atoms with Crippen molar-refractivity contribution in [1.29, 1.82) is 0 Å². The first-order chi connectivity index (χ1) is 9.62. The number of nitrogens with two attached hydrogens (primary N) is 1. The SMILES string of the molecule is Cc1cc(C(F)(F)F)ccc1C(=O)C(C)CCCC(C)N. The van der Waals surface area contributed by atoms with E-state index in [1.54, 1.807) is 6.92 Å². The van der Waals surface area contributed by atoms with Crippen LogP contribution in [-0.2, 0) is 6.18 Å². The molecule has 0 aliphatic rings. The van der Waals surface area contributed by atoms with Gasteiger partial charge in [0, 0.05) is 17.5 Å². The zero-order valence-electron chi connectivity index (χ0n) is 12.6. The Hall–Kier alpha value is -1.36. The quantitative estimate of drug-likeness (QED) is 0.794. The lowest BCUT2D eigenvalue weighted by atomic mass is 9.91. The van der Waals surface area contributed by atoms with Crippen molar-refractivity contribution in [3.63, 3.8) is 0 Å². The van der Waals surface area contributed by atoms with Gasteiger partial charge in [-0.25, -0.2) is 0 Å². The van der Waals surface area contributed by atoms with Crippen LogP contribution in [0, 0.1) is 12.8 Å². The van der Waals surface area contributed by atoms with Crippen LogP contribution in [0.4, 0.5) is 13.2 Å². The summed E-state index contributed by atoms with van der Waals surface area (Å²) in [5, 5.41) is 0. The third-order valence-electron chi connectivity index (χ3n) is 3.56. The number of carbonyl (C=O) groups is 1. The molecule has 118 valence electrons. The van der Waals surface area contributed by atoms with Gasteiger partial charge in [-0.15, -0.1) is 0 Å². The Labute approximate surface area is 123 Å². The molecule has 0 fully saturated rings. The molecular weight excluding hydrogens is 279 g/mol. The van der Waals surface area contributed by atoms with Gasteiger partial charge in [-0.2, -0.15) is 13.2 Å². The van der Waals surface area contributed by atoms with Crippen LogP contribution in [-0.4, -0.2) is 11.8 Å². The van der Waals surface area contributed by atoms with Gasteiger partial charge >= 0.3 is 6.18 Å². The number of benzene rings is 1. The Balaban J connectivity index is 2.78. The van der Waals surface area contributed by atoms with E-state index in [9.17, 15) is 18.0 Å². The molecule has 21 heavy (non-hydrogen) atoms. The lowest BCUT2D eigenvalue weighted by Gasteiger charge is -2.14. The number of Topliss-reactive ketones (excluding diaryl/α,β-unsaturated/α-hetero) is 1. The molecular formula is C16H22F3NO. The summed E-state index contributed by atoms with van der Waals surface area (Å²) in [7, 11) is 0. The van der Waals surface area contributed by atoms with E-state index in [2.05, 4.69) is 0 Å². The van der Waals surface area contributed by atoms with Gasteiger partial charge < -0.3 is 5.73 Å². The van der Waals surface area contributed by atoms with Crippen molar-refractivity contribution in [3.8, 4) is 0 Å². The summed E-state index contributed by atoms with van der Waals surface area (Å²) < 4.78 is 37.8. The predicted molar refractivity (Wildman–Crippen MR) is 77.2 cm³/mol. The average Bonchev–Trinajstić information content (AvgIpc) is 2.36. The fraction of sp³-hybridized carbons (Fsp3) is 0.562. The monoisotopic (exact) mass is 301 g/mol. The topological polar surface area (TPSA) is 43.1 Å². The minimum atomic E-state index is -4.38. The maximum absolute atomic E-state index is 12.6. The van der Waals surface area contributed by atoms with E-state index < -0.39 is 11.7 Å². The maximum Gasteiger partial charge on any atom is 0.416 e. The van der Waals surface area contributed by atoms with Crippen molar-refractivity contribution in [2.45, 2.75) is 52.3 Å². The van der Waals surface area contributed by atoms with Crippen molar-refractivity contribution < 1.29 is 18.0 Å². The van der Waals surface area contributed by atoms with Crippen molar-refractivity contribution in [1.82, 2.24) is 0 Å². The van der Waals surface area contributed by atoms with Crippen LogP contribution in [0.3, 0.4) is 0 Å². The van der Waals surface area contributed by atoms with Gasteiger partial charge in [0.1, 0.15) is 0 Å². The number of hydrogen-bond acceptors (Lipinski definition) is 2. The van der Waals surface area contributed by atoms with Gasteiger partial charge in [0.2, 0.25) is 0 Å². The summed E-state index contributed by atoms with van der Waals surface area (Å²) in [6.07, 6.45) is -2.01. The zero-order chi connectivity index (χ0) is 16.2. The Bertz CT molecular complexity index is 495. The zero-order valence-corrected chi connectivity index (χ0v) is 12.6. The minimum absolute atomic E-state index is 0.0973. The number of carbonyl (C=O) groups excluding carboxylic acids is 1. The number of alkyl halides is 3. The van der Waals surface area contributed by atoms with E-state index in [4.69, 9.17) is 5.73 Å². The molecule has 1 aromatic rings. The van der Waals surface area contributed by atoms with Crippen LogP contribution >= 0.6 is 0 Å². The Morgan fingerprint density at radius 2 is 1.86 bits per heavy atom. The van der Waals surface area contributed by atoms with Crippen LogP contribution in [0.15, 0.2) is 18.2 Å². The number of ketones is 1. The Morgan fingerprint density at radius 3 is 2.33 bits per heavy atom. The van der Waals surface area contributed by atoms with E-state index in [0.717, 1.165) is 25.0 Å². The molecule has 0 amide bonds. The van der Waals surface area contributed by atoms with Crippen LogP contribution in [0.1, 0.15) is 54.6 Å². The normalized spacial score (nSPS) is 14.8. The first-order valence-corrected chi connectivity index (χ1v) is 7.10. The number of aryl methyl sites for hydroxylation is 1. The van der Waals surface area contributed by atoms with E-state index in [1.165, 1.54) is 13.0 Å². The molecule has 1 aromatic carbocycles. The first-order valence-electron chi connectivity index (χ1n) is 7.10. The number of rotatable bonds is 6. The molecule has 0 radical (unpaired) electrons. The van der Waals surface area contributed by atoms with Crippen LogP contribution in [0.2, 0.25) is 0 Å². The predicted octanol–water partition coefficient (Wildman–Crippen LogP) is 4.35.